The Morgan fingerprint density at radius 1 is 1.00 bits per heavy atom. The number of aliphatic hydroxyl groups excluding tert-OH is 1. The molecule has 1 saturated heterocycles. The number of rotatable bonds is 3. The lowest BCUT2D eigenvalue weighted by Crippen LogP contribution is -2.50. The van der Waals surface area contributed by atoms with Crippen molar-refractivity contribution in [3.8, 4) is 0 Å². The zero-order valence-corrected chi connectivity index (χ0v) is 12.5. The van der Waals surface area contributed by atoms with Crippen molar-refractivity contribution >= 4 is 0 Å². The largest absolute Gasteiger partial charge is 0.388 e. The SMILES string of the molecule is OC(c1ccc(F)cc1)C1CNCCC1(O)c1ccc(F)cc1. The van der Waals surface area contributed by atoms with E-state index in [1.54, 1.807) is 12.1 Å². The summed E-state index contributed by atoms with van der Waals surface area (Å²) in [6.07, 6.45) is -0.555. The van der Waals surface area contributed by atoms with Crippen LogP contribution in [0.2, 0.25) is 0 Å². The predicted octanol–water partition coefficient (Wildman–Crippen LogP) is 2.50. The van der Waals surface area contributed by atoms with E-state index in [2.05, 4.69) is 5.32 Å². The molecule has 3 N–H and O–H groups in total. The maximum atomic E-state index is 13.2. The van der Waals surface area contributed by atoms with E-state index in [1.807, 2.05) is 0 Å². The van der Waals surface area contributed by atoms with E-state index in [0.29, 0.717) is 30.6 Å². The Labute approximate surface area is 133 Å². The van der Waals surface area contributed by atoms with E-state index in [9.17, 15) is 19.0 Å². The Balaban J connectivity index is 1.94. The monoisotopic (exact) mass is 319 g/mol. The molecule has 0 radical (unpaired) electrons. The Kier molecular flexibility index (Phi) is 4.43. The molecular formula is C18H19F2NO2. The lowest BCUT2D eigenvalue weighted by atomic mass is 9.72. The first-order valence-electron chi connectivity index (χ1n) is 7.63. The maximum Gasteiger partial charge on any atom is 0.123 e. The van der Waals surface area contributed by atoms with Gasteiger partial charge in [0.25, 0.3) is 0 Å². The van der Waals surface area contributed by atoms with Gasteiger partial charge in [0.2, 0.25) is 0 Å². The molecule has 3 nitrogen and oxygen atoms in total. The van der Waals surface area contributed by atoms with E-state index in [1.165, 1.54) is 36.4 Å². The minimum absolute atomic E-state index is 0.373. The van der Waals surface area contributed by atoms with Crippen molar-refractivity contribution in [1.82, 2.24) is 5.32 Å². The van der Waals surface area contributed by atoms with Crippen molar-refractivity contribution in [2.45, 2.75) is 18.1 Å². The minimum Gasteiger partial charge on any atom is -0.388 e. The van der Waals surface area contributed by atoms with Crippen LogP contribution in [0.25, 0.3) is 0 Å². The highest BCUT2D eigenvalue weighted by molar-refractivity contribution is 5.28. The summed E-state index contributed by atoms with van der Waals surface area (Å²) in [6, 6.07) is 11.3. The van der Waals surface area contributed by atoms with Gasteiger partial charge < -0.3 is 15.5 Å². The van der Waals surface area contributed by atoms with Crippen molar-refractivity contribution in [3.63, 3.8) is 0 Å². The van der Waals surface area contributed by atoms with Crippen LogP contribution < -0.4 is 5.32 Å². The first-order chi connectivity index (χ1) is 11.0. The smallest absolute Gasteiger partial charge is 0.123 e. The summed E-state index contributed by atoms with van der Waals surface area (Å²) in [7, 11) is 0. The Morgan fingerprint density at radius 2 is 1.57 bits per heavy atom. The summed E-state index contributed by atoms with van der Waals surface area (Å²) < 4.78 is 26.2. The molecule has 0 aromatic heterocycles. The van der Waals surface area contributed by atoms with Crippen LogP contribution in [0.4, 0.5) is 8.78 Å². The number of aliphatic hydroxyl groups is 2. The zero-order chi connectivity index (χ0) is 16.4. The normalized spacial score (nSPS) is 26.0. The molecule has 23 heavy (non-hydrogen) atoms. The first-order valence-corrected chi connectivity index (χ1v) is 7.63. The minimum atomic E-state index is -1.27. The van der Waals surface area contributed by atoms with Gasteiger partial charge in [-0.15, -0.1) is 0 Å². The molecular weight excluding hydrogens is 300 g/mol. The molecule has 1 aliphatic rings. The second kappa shape index (κ2) is 6.35. The third-order valence-corrected chi connectivity index (χ3v) is 4.60. The highest BCUT2D eigenvalue weighted by Crippen LogP contribution is 2.41. The van der Waals surface area contributed by atoms with Gasteiger partial charge in [-0.05, 0) is 48.4 Å². The second-order valence-electron chi connectivity index (χ2n) is 5.99. The van der Waals surface area contributed by atoms with Crippen molar-refractivity contribution in [2.75, 3.05) is 13.1 Å². The lowest BCUT2D eigenvalue weighted by Gasteiger charge is -2.43. The molecule has 3 rings (SSSR count). The number of halogens is 2. The van der Waals surface area contributed by atoms with Gasteiger partial charge in [-0.1, -0.05) is 24.3 Å². The highest BCUT2D eigenvalue weighted by Gasteiger charge is 2.44. The van der Waals surface area contributed by atoms with E-state index in [4.69, 9.17) is 0 Å². The molecule has 5 heteroatoms. The van der Waals surface area contributed by atoms with Gasteiger partial charge in [-0.25, -0.2) is 8.78 Å². The van der Waals surface area contributed by atoms with Gasteiger partial charge >= 0.3 is 0 Å². The summed E-state index contributed by atoms with van der Waals surface area (Å²) >= 11 is 0. The van der Waals surface area contributed by atoms with Crippen LogP contribution in [0, 0.1) is 17.6 Å². The maximum absolute atomic E-state index is 13.2. The van der Waals surface area contributed by atoms with Crippen molar-refractivity contribution < 1.29 is 19.0 Å². The number of hydrogen-bond donors (Lipinski definition) is 3. The summed E-state index contributed by atoms with van der Waals surface area (Å²) in [6.45, 7) is 1.01. The summed E-state index contributed by atoms with van der Waals surface area (Å²) in [4.78, 5) is 0. The lowest BCUT2D eigenvalue weighted by molar-refractivity contribution is -0.0962. The number of benzene rings is 2. The fourth-order valence-corrected chi connectivity index (χ4v) is 3.25. The quantitative estimate of drug-likeness (QED) is 0.815. The molecule has 2 aromatic rings. The number of nitrogens with one attached hydrogen (secondary N) is 1. The topological polar surface area (TPSA) is 52.5 Å². The average Bonchev–Trinajstić information content (AvgIpc) is 2.56. The molecule has 0 amide bonds. The van der Waals surface area contributed by atoms with Crippen LogP contribution in [0.1, 0.15) is 23.7 Å². The highest BCUT2D eigenvalue weighted by atomic mass is 19.1. The van der Waals surface area contributed by atoms with Crippen LogP contribution in [0.5, 0.6) is 0 Å². The number of hydrogen-bond acceptors (Lipinski definition) is 3. The van der Waals surface area contributed by atoms with Crippen LogP contribution in [0.3, 0.4) is 0 Å². The molecule has 1 aliphatic heterocycles. The second-order valence-corrected chi connectivity index (χ2v) is 5.99. The van der Waals surface area contributed by atoms with Crippen LogP contribution >= 0.6 is 0 Å². The molecule has 122 valence electrons. The van der Waals surface area contributed by atoms with Crippen molar-refractivity contribution in [3.05, 3.63) is 71.3 Å². The Morgan fingerprint density at radius 3 is 2.17 bits per heavy atom. The van der Waals surface area contributed by atoms with Crippen LogP contribution in [-0.4, -0.2) is 23.3 Å². The summed E-state index contributed by atoms with van der Waals surface area (Å²) in [5.74, 6) is -1.27. The molecule has 0 spiro atoms. The molecule has 0 bridgehead atoms. The van der Waals surface area contributed by atoms with Gasteiger partial charge in [0.05, 0.1) is 11.7 Å². The van der Waals surface area contributed by atoms with Gasteiger partial charge in [0.15, 0.2) is 0 Å². The third kappa shape index (κ3) is 3.13. The van der Waals surface area contributed by atoms with E-state index in [-0.39, 0.29) is 11.6 Å². The first kappa shape index (κ1) is 16.1. The molecule has 3 atom stereocenters. The molecule has 0 saturated carbocycles. The average molecular weight is 319 g/mol. The van der Waals surface area contributed by atoms with Gasteiger partial charge in [0, 0.05) is 12.5 Å². The summed E-state index contributed by atoms with van der Waals surface area (Å²) in [5.41, 5.74) is -0.153. The van der Waals surface area contributed by atoms with E-state index < -0.39 is 17.6 Å². The van der Waals surface area contributed by atoms with Gasteiger partial charge in [-0.3, -0.25) is 0 Å². The molecule has 1 fully saturated rings. The molecule has 1 heterocycles. The molecule has 2 aromatic carbocycles. The Bertz CT molecular complexity index is 660. The molecule has 0 aliphatic carbocycles. The zero-order valence-electron chi connectivity index (χ0n) is 12.5. The standard InChI is InChI=1S/C18H19F2NO2/c19-14-5-1-12(2-6-14)17(22)16-11-21-10-9-18(16,23)13-3-7-15(20)8-4-13/h1-8,16-17,21-23H,9-11H2. The Hall–Kier alpha value is -1.82. The van der Waals surface area contributed by atoms with Crippen LogP contribution in [0.15, 0.2) is 48.5 Å². The number of piperidine rings is 1. The van der Waals surface area contributed by atoms with E-state index in [0.717, 1.165) is 0 Å². The van der Waals surface area contributed by atoms with Gasteiger partial charge in [-0.2, -0.15) is 0 Å². The molecule has 3 unspecified atom stereocenters. The third-order valence-electron chi connectivity index (χ3n) is 4.60. The summed E-state index contributed by atoms with van der Waals surface area (Å²) in [5, 5.41) is 25.0. The predicted molar refractivity (Wildman–Crippen MR) is 82.6 cm³/mol. The van der Waals surface area contributed by atoms with Crippen LogP contribution in [-0.2, 0) is 5.60 Å². The van der Waals surface area contributed by atoms with Crippen molar-refractivity contribution in [2.24, 2.45) is 5.92 Å². The van der Waals surface area contributed by atoms with Crippen molar-refractivity contribution in [1.29, 1.82) is 0 Å². The fourth-order valence-electron chi connectivity index (χ4n) is 3.25. The fraction of sp³-hybridized carbons (Fsp3) is 0.333. The van der Waals surface area contributed by atoms with E-state index >= 15 is 0 Å². The van der Waals surface area contributed by atoms with Gasteiger partial charge in [0.1, 0.15) is 11.6 Å².